The van der Waals surface area contributed by atoms with Gasteiger partial charge < -0.3 is 5.32 Å². The van der Waals surface area contributed by atoms with Crippen molar-refractivity contribution in [3.8, 4) is 0 Å². The zero-order chi connectivity index (χ0) is 10.3. The van der Waals surface area contributed by atoms with Gasteiger partial charge in [-0.3, -0.25) is 0 Å². The molecule has 1 aromatic rings. The second-order valence-corrected chi connectivity index (χ2v) is 4.52. The summed E-state index contributed by atoms with van der Waals surface area (Å²) < 4.78 is 36.5. The van der Waals surface area contributed by atoms with Gasteiger partial charge in [0.15, 0.2) is 5.13 Å². The van der Waals surface area contributed by atoms with Crippen LogP contribution in [0.2, 0.25) is 0 Å². The SMILES string of the molecule is C[C@@H]1C[C@H]1Nc1ncc(C(F)(F)F)s1. The third kappa shape index (κ3) is 2.00. The average molecular weight is 222 g/mol. The van der Waals surface area contributed by atoms with Crippen molar-refractivity contribution in [2.45, 2.75) is 25.6 Å². The van der Waals surface area contributed by atoms with Gasteiger partial charge in [0.25, 0.3) is 0 Å². The summed E-state index contributed by atoms with van der Waals surface area (Å²) in [5.74, 6) is 0.549. The molecular weight excluding hydrogens is 213 g/mol. The first kappa shape index (κ1) is 9.76. The molecule has 1 heterocycles. The molecule has 1 fully saturated rings. The quantitative estimate of drug-likeness (QED) is 0.832. The van der Waals surface area contributed by atoms with Crippen LogP contribution in [0, 0.1) is 5.92 Å². The number of halogens is 3. The Kier molecular flexibility index (Phi) is 2.17. The highest BCUT2D eigenvalue weighted by Crippen LogP contribution is 2.38. The van der Waals surface area contributed by atoms with Gasteiger partial charge in [-0.15, -0.1) is 0 Å². The van der Waals surface area contributed by atoms with Crippen LogP contribution in [0.4, 0.5) is 18.3 Å². The van der Waals surface area contributed by atoms with E-state index in [1.807, 2.05) is 0 Å². The van der Waals surface area contributed by atoms with Crippen LogP contribution in [-0.2, 0) is 6.18 Å². The Bertz CT molecular complexity index is 334. The molecule has 1 saturated carbocycles. The van der Waals surface area contributed by atoms with E-state index in [0.717, 1.165) is 12.6 Å². The summed E-state index contributed by atoms with van der Waals surface area (Å²) in [6.45, 7) is 2.05. The summed E-state index contributed by atoms with van der Waals surface area (Å²) in [7, 11) is 0. The molecule has 1 aliphatic rings. The van der Waals surface area contributed by atoms with E-state index >= 15 is 0 Å². The van der Waals surface area contributed by atoms with Crippen molar-refractivity contribution in [2.75, 3.05) is 5.32 Å². The van der Waals surface area contributed by atoms with Crippen LogP contribution in [0.3, 0.4) is 0 Å². The summed E-state index contributed by atoms with van der Waals surface area (Å²) in [4.78, 5) is 3.04. The van der Waals surface area contributed by atoms with Gasteiger partial charge in [0.2, 0.25) is 0 Å². The third-order valence-corrected chi connectivity index (χ3v) is 3.18. The van der Waals surface area contributed by atoms with E-state index in [1.165, 1.54) is 0 Å². The Labute approximate surface area is 83.2 Å². The van der Waals surface area contributed by atoms with Gasteiger partial charge in [-0.1, -0.05) is 18.3 Å². The molecule has 2 atom stereocenters. The van der Waals surface area contributed by atoms with Crippen LogP contribution < -0.4 is 5.32 Å². The molecule has 6 heteroatoms. The van der Waals surface area contributed by atoms with Gasteiger partial charge in [0.1, 0.15) is 4.88 Å². The first-order valence-corrected chi connectivity index (χ1v) is 5.08. The van der Waals surface area contributed by atoms with Crippen molar-refractivity contribution in [1.29, 1.82) is 0 Å². The van der Waals surface area contributed by atoms with Gasteiger partial charge >= 0.3 is 6.18 Å². The second-order valence-electron chi connectivity index (χ2n) is 3.49. The first-order valence-electron chi connectivity index (χ1n) is 4.26. The molecule has 78 valence electrons. The zero-order valence-electron chi connectivity index (χ0n) is 7.43. The topological polar surface area (TPSA) is 24.9 Å². The monoisotopic (exact) mass is 222 g/mol. The molecule has 1 N–H and O–H groups in total. The molecule has 0 bridgehead atoms. The van der Waals surface area contributed by atoms with E-state index in [1.54, 1.807) is 0 Å². The van der Waals surface area contributed by atoms with Crippen LogP contribution >= 0.6 is 11.3 Å². The maximum absolute atomic E-state index is 12.2. The van der Waals surface area contributed by atoms with Crippen LogP contribution in [0.25, 0.3) is 0 Å². The summed E-state index contributed by atoms with van der Waals surface area (Å²) in [5.41, 5.74) is 0. The van der Waals surface area contributed by atoms with E-state index in [2.05, 4.69) is 17.2 Å². The Morgan fingerprint density at radius 2 is 2.21 bits per heavy atom. The lowest BCUT2D eigenvalue weighted by Gasteiger charge is -2.00. The summed E-state index contributed by atoms with van der Waals surface area (Å²) in [6, 6.07) is 0.308. The molecule has 0 radical (unpaired) electrons. The lowest BCUT2D eigenvalue weighted by atomic mass is 10.5. The molecule has 1 aromatic heterocycles. The molecule has 0 aliphatic heterocycles. The Morgan fingerprint density at radius 1 is 1.57 bits per heavy atom. The number of hydrogen-bond donors (Lipinski definition) is 1. The Balaban J connectivity index is 2.03. The normalized spacial score (nSPS) is 26.3. The fourth-order valence-corrected chi connectivity index (χ4v) is 1.90. The maximum atomic E-state index is 12.2. The van der Waals surface area contributed by atoms with Gasteiger partial charge in [-0.05, 0) is 12.3 Å². The van der Waals surface area contributed by atoms with Gasteiger partial charge in [-0.2, -0.15) is 13.2 Å². The second kappa shape index (κ2) is 3.12. The average Bonchev–Trinajstić information content (AvgIpc) is 2.60. The summed E-state index contributed by atoms with van der Waals surface area (Å²) >= 11 is 0.663. The minimum atomic E-state index is -4.27. The highest BCUT2D eigenvalue weighted by molar-refractivity contribution is 7.15. The molecule has 0 amide bonds. The number of nitrogens with zero attached hydrogens (tertiary/aromatic N) is 1. The van der Waals surface area contributed by atoms with Crippen molar-refractivity contribution < 1.29 is 13.2 Å². The Morgan fingerprint density at radius 3 is 2.64 bits per heavy atom. The smallest absolute Gasteiger partial charge is 0.358 e. The van der Waals surface area contributed by atoms with Crippen molar-refractivity contribution in [1.82, 2.24) is 4.98 Å². The molecule has 0 unspecified atom stereocenters. The largest absolute Gasteiger partial charge is 0.427 e. The van der Waals surface area contributed by atoms with Crippen LogP contribution in [-0.4, -0.2) is 11.0 Å². The molecule has 0 saturated heterocycles. The van der Waals surface area contributed by atoms with Crippen molar-refractivity contribution >= 4 is 16.5 Å². The van der Waals surface area contributed by atoms with E-state index in [-0.39, 0.29) is 0 Å². The standard InChI is InChI=1S/C8H9F3N2S/c1-4-2-5(4)13-7-12-3-6(14-7)8(9,10)11/h3-5H,2H2,1H3,(H,12,13)/t4-,5-/m1/s1. The molecular formula is C8H9F3N2S. The van der Waals surface area contributed by atoms with Crippen LogP contribution in [0.1, 0.15) is 18.2 Å². The summed E-state index contributed by atoms with van der Waals surface area (Å²) in [5, 5.41) is 3.33. The van der Waals surface area contributed by atoms with E-state index in [9.17, 15) is 13.2 Å². The van der Waals surface area contributed by atoms with Crippen LogP contribution in [0.5, 0.6) is 0 Å². The summed E-state index contributed by atoms with van der Waals surface area (Å²) in [6.07, 6.45) is -2.38. The molecule has 2 rings (SSSR count). The number of anilines is 1. The number of thiazole rings is 1. The fourth-order valence-electron chi connectivity index (χ4n) is 1.15. The lowest BCUT2D eigenvalue weighted by Crippen LogP contribution is -2.02. The van der Waals surface area contributed by atoms with Crippen LogP contribution in [0.15, 0.2) is 6.20 Å². The zero-order valence-corrected chi connectivity index (χ0v) is 8.25. The van der Waals surface area contributed by atoms with E-state index in [4.69, 9.17) is 0 Å². The predicted octanol–water partition coefficient (Wildman–Crippen LogP) is 2.98. The number of nitrogens with one attached hydrogen (secondary N) is 1. The van der Waals surface area contributed by atoms with Gasteiger partial charge in [0, 0.05) is 6.04 Å². The molecule has 2 nitrogen and oxygen atoms in total. The highest BCUT2D eigenvalue weighted by atomic mass is 32.1. The highest BCUT2D eigenvalue weighted by Gasteiger charge is 2.36. The van der Waals surface area contributed by atoms with E-state index < -0.39 is 11.1 Å². The van der Waals surface area contributed by atoms with Crippen molar-refractivity contribution in [3.05, 3.63) is 11.1 Å². The number of rotatable bonds is 2. The van der Waals surface area contributed by atoms with Gasteiger partial charge in [0.05, 0.1) is 6.20 Å². The first-order chi connectivity index (χ1) is 6.47. The number of hydrogen-bond acceptors (Lipinski definition) is 3. The van der Waals surface area contributed by atoms with E-state index in [0.29, 0.717) is 28.4 Å². The molecule has 14 heavy (non-hydrogen) atoms. The third-order valence-electron chi connectivity index (χ3n) is 2.20. The van der Waals surface area contributed by atoms with Gasteiger partial charge in [-0.25, -0.2) is 4.98 Å². The molecule has 0 aromatic carbocycles. The number of aromatic nitrogens is 1. The predicted molar refractivity (Wildman–Crippen MR) is 48.3 cm³/mol. The molecule has 1 aliphatic carbocycles. The minimum Gasteiger partial charge on any atom is -0.358 e. The lowest BCUT2D eigenvalue weighted by molar-refractivity contribution is -0.134. The number of alkyl halides is 3. The maximum Gasteiger partial charge on any atom is 0.427 e. The fraction of sp³-hybridized carbons (Fsp3) is 0.625. The molecule has 0 spiro atoms. The Hall–Kier alpha value is -0.780. The van der Waals surface area contributed by atoms with Crippen molar-refractivity contribution in [3.63, 3.8) is 0 Å². The minimum absolute atomic E-state index is 0.308. The van der Waals surface area contributed by atoms with Crippen molar-refractivity contribution in [2.24, 2.45) is 5.92 Å².